The lowest BCUT2D eigenvalue weighted by Crippen LogP contribution is -2.27. The molecule has 6 nitrogen and oxygen atoms in total. The zero-order valence-corrected chi connectivity index (χ0v) is 14.5. The lowest BCUT2D eigenvalue weighted by molar-refractivity contribution is -0.116. The van der Waals surface area contributed by atoms with Crippen LogP contribution >= 0.6 is 11.3 Å². The van der Waals surface area contributed by atoms with Gasteiger partial charge in [0.1, 0.15) is 12.4 Å². The molecule has 2 aromatic carbocycles. The monoisotopic (exact) mass is 368 g/mol. The van der Waals surface area contributed by atoms with Crippen LogP contribution in [0.1, 0.15) is 5.56 Å². The van der Waals surface area contributed by atoms with Crippen LogP contribution < -0.4 is 10.9 Å². The quantitative estimate of drug-likeness (QED) is 0.603. The number of anilines is 1. The minimum atomic E-state index is -0.525. The van der Waals surface area contributed by atoms with Gasteiger partial charge in [0.15, 0.2) is 5.13 Å². The van der Waals surface area contributed by atoms with E-state index in [9.17, 15) is 14.0 Å². The second-order valence-electron chi connectivity index (χ2n) is 5.88. The molecule has 0 aliphatic carbocycles. The Hall–Kier alpha value is -3.13. The van der Waals surface area contributed by atoms with Crippen molar-refractivity contribution < 1.29 is 9.18 Å². The van der Waals surface area contributed by atoms with Gasteiger partial charge in [0.2, 0.25) is 5.91 Å². The summed E-state index contributed by atoms with van der Waals surface area (Å²) in [5.74, 6) is -0.927. The summed E-state index contributed by atoms with van der Waals surface area (Å²) in [5, 5.41) is 3.29. The molecule has 4 rings (SSSR count). The van der Waals surface area contributed by atoms with E-state index in [1.165, 1.54) is 29.8 Å². The predicted molar refractivity (Wildman–Crippen MR) is 98.9 cm³/mol. The number of fused-ring (bicyclic) bond motifs is 2. The van der Waals surface area contributed by atoms with Crippen molar-refractivity contribution in [3.05, 3.63) is 64.5 Å². The number of carbonyl (C=O) groups is 1. The largest absolute Gasteiger partial charge is 0.300 e. The zero-order valence-electron chi connectivity index (χ0n) is 13.7. The van der Waals surface area contributed by atoms with Gasteiger partial charge in [-0.3, -0.25) is 14.2 Å². The highest BCUT2D eigenvalue weighted by molar-refractivity contribution is 7.22. The highest BCUT2D eigenvalue weighted by Gasteiger charge is 2.11. The van der Waals surface area contributed by atoms with Crippen LogP contribution in [-0.4, -0.2) is 20.4 Å². The summed E-state index contributed by atoms with van der Waals surface area (Å²) < 4.78 is 15.5. The number of nitrogens with one attached hydrogen (secondary N) is 1. The molecule has 8 heteroatoms. The molecule has 0 radical (unpaired) electrons. The number of amides is 1. The number of halogens is 1. The van der Waals surface area contributed by atoms with Gasteiger partial charge in [-0.1, -0.05) is 17.4 Å². The Morgan fingerprint density at radius 2 is 2.04 bits per heavy atom. The van der Waals surface area contributed by atoms with Gasteiger partial charge in [-0.05, 0) is 42.8 Å². The maximum atomic E-state index is 13.4. The third-order valence-electron chi connectivity index (χ3n) is 3.89. The number of thiazole rings is 1. The summed E-state index contributed by atoms with van der Waals surface area (Å²) in [5.41, 5.74) is 1.83. The molecule has 26 heavy (non-hydrogen) atoms. The molecule has 4 aromatic rings. The van der Waals surface area contributed by atoms with Crippen molar-refractivity contribution in [1.82, 2.24) is 14.5 Å². The number of hydrogen-bond acceptors (Lipinski definition) is 5. The lowest BCUT2D eigenvalue weighted by atomic mass is 10.2. The van der Waals surface area contributed by atoms with Gasteiger partial charge in [-0.25, -0.2) is 14.4 Å². The van der Waals surface area contributed by atoms with E-state index in [1.54, 1.807) is 0 Å². The average Bonchev–Trinajstić information content (AvgIpc) is 2.99. The van der Waals surface area contributed by atoms with E-state index < -0.39 is 17.3 Å². The van der Waals surface area contributed by atoms with Gasteiger partial charge < -0.3 is 5.32 Å². The number of rotatable bonds is 3. The average molecular weight is 368 g/mol. The van der Waals surface area contributed by atoms with Crippen molar-refractivity contribution in [2.45, 2.75) is 13.5 Å². The first-order valence-corrected chi connectivity index (χ1v) is 8.63. The van der Waals surface area contributed by atoms with Crippen molar-refractivity contribution in [2.75, 3.05) is 5.32 Å². The first-order valence-electron chi connectivity index (χ1n) is 7.81. The van der Waals surface area contributed by atoms with Gasteiger partial charge >= 0.3 is 0 Å². The van der Waals surface area contributed by atoms with E-state index in [0.29, 0.717) is 10.6 Å². The summed E-state index contributed by atoms with van der Waals surface area (Å²) in [6.07, 6.45) is 1.28. The molecule has 0 saturated carbocycles. The van der Waals surface area contributed by atoms with Crippen LogP contribution in [-0.2, 0) is 11.3 Å². The SMILES string of the molecule is Cc1ccc2nc(NC(=O)Cn3cnc4ccc(F)cc4c3=O)sc2c1. The van der Waals surface area contributed by atoms with Crippen molar-refractivity contribution in [1.29, 1.82) is 0 Å². The summed E-state index contributed by atoms with van der Waals surface area (Å²) >= 11 is 1.36. The van der Waals surface area contributed by atoms with Crippen LogP contribution in [0.5, 0.6) is 0 Å². The summed E-state index contributed by atoms with van der Waals surface area (Å²) in [6.45, 7) is 1.76. The normalized spacial score (nSPS) is 11.2. The maximum absolute atomic E-state index is 13.4. The molecule has 130 valence electrons. The van der Waals surface area contributed by atoms with Crippen LogP contribution in [0.4, 0.5) is 9.52 Å². The fraction of sp³-hybridized carbons (Fsp3) is 0.111. The second-order valence-corrected chi connectivity index (χ2v) is 6.91. The predicted octanol–water partition coefficient (Wildman–Crippen LogP) is 3.09. The Bertz CT molecular complexity index is 1210. The van der Waals surface area contributed by atoms with Gasteiger partial charge in [0.25, 0.3) is 5.56 Å². The van der Waals surface area contributed by atoms with Crippen LogP contribution in [0.25, 0.3) is 21.1 Å². The standard InChI is InChI=1S/C18H13FN4O2S/c1-10-2-4-14-15(6-10)26-18(21-14)22-16(24)8-23-9-20-13-5-3-11(19)7-12(13)17(23)25/h2-7,9H,8H2,1H3,(H,21,22,24). The van der Waals surface area contributed by atoms with E-state index >= 15 is 0 Å². The van der Waals surface area contributed by atoms with E-state index in [2.05, 4.69) is 15.3 Å². The molecule has 2 aromatic heterocycles. The van der Waals surface area contributed by atoms with E-state index in [1.807, 2.05) is 25.1 Å². The third-order valence-corrected chi connectivity index (χ3v) is 4.82. The second kappa shape index (κ2) is 6.30. The first kappa shape index (κ1) is 16.3. The molecular weight excluding hydrogens is 355 g/mol. The van der Waals surface area contributed by atoms with Crippen molar-refractivity contribution in [3.8, 4) is 0 Å². The summed E-state index contributed by atoms with van der Waals surface area (Å²) in [4.78, 5) is 33.1. The van der Waals surface area contributed by atoms with Gasteiger partial charge in [0.05, 0.1) is 27.4 Å². The Morgan fingerprint density at radius 1 is 1.23 bits per heavy atom. The van der Waals surface area contributed by atoms with Crippen LogP contribution in [0, 0.1) is 12.7 Å². The minimum absolute atomic E-state index is 0.135. The smallest absolute Gasteiger partial charge is 0.261 e. The summed E-state index contributed by atoms with van der Waals surface area (Å²) in [7, 11) is 0. The zero-order chi connectivity index (χ0) is 18.3. The molecule has 0 aliphatic rings. The highest BCUT2D eigenvalue weighted by Crippen LogP contribution is 2.26. The Balaban J connectivity index is 1.58. The molecule has 0 spiro atoms. The van der Waals surface area contributed by atoms with Crippen molar-refractivity contribution in [2.24, 2.45) is 0 Å². The molecule has 0 atom stereocenters. The fourth-order valence-electron chi connectivity index (χ4n) is 2.64. The Labute approximate surface area is 150 Å². The number of benzene rings is 2. The van der Waals surface area contributed by atoms with Crippen LogP contribution in [0.2, 0.25) is 0 Å². The molecule has 0 fully saturated rings. The topological polar surface area (TPSA) is 76.9 Å². The number of aromatic nitrogens is 3. The third kappa shape index (κ3) is 3.06. The molecular formula is C18H13FN4O2S. The number of carbonyl (C=O) groups excluding carboxylic acids is 1. The van der Waals surface area contributed by atoms with Gasteiger partial charge in [0, 0.05) is 0 Å². The van der Waals surface area contributed by atoms with Crippen molar-refractivity contribution in [3.63, 3.8) is 0 Å². The van der Waals surface area contributed by atoms with E-state index in [0.717, 1.165) is 26.4 Å². The van der Waals surface area contributed by atoms with E-state index in [-0.39, 0.29) is 11.9 Å². The Morgan fingerprint density at radius 3 is 2.88 bits per heavy atom. The van der Waals surface area contributed by atoms with Crippen LogP contribution in [0.15, 0.2) is 47.5 Å². The number of nitrogens with zero attached hydrogens (tertiary/aromatic N) is 3. The van der Waals surface area contributed by atoms with Gasteiger partial charge in [-0.2, -0.15) is 0 Å². The molecule has 0 bridgehead atoms. The summed E-state index contributed by atoms with van der Waals surface area (Å²) in [6, 6.07) is 9.63. The first-order chi connectivity index (χ1) is 12.5. The molecule has 1 amide bonds. The van der Waals surface area contributed by atoms with E-state index in [4.69, 9.17) is 0 Å². The number of aryl methyl sites for hydroxylation is 1. The maximum Gasteiger partial charge on any atom is 0.261 e. The lowest BCUT2D eigenvalue weighted by Gasteiger charge is -2.06. The molecule has 0 saturated heterocycles. The van der Waals surface area contributed by atoms with Crippen molar-refractivity contribution >= 4 is 43.5 Å². The molecule has 0 aliphatic heterocycles. The van der Waals surface area contributed by atoms with Gasteiger partial charge in [-0.15, -0.1) is 0 Å². The minimum Gasteiger partial charge on any atom is -0.300 e. The van der Waals surface area contributed by atoms with Crippen LogP contribution in [0.3, 0.4) is 0 Å². The highest BCUT2D eigenvalue weighted by atomic mass is 32.1. The molecule has 1 N–H and O–H groups in total. The molecule has 2 heterocycles. The number of hydrogen-bond donors (Lipinski definition) is 1. The fourth-order valence-corrected chi connectivity index (χ4v) is 3.62. The molecule has 0 unspecified atom stereocenters. The Kier molecular flexibility index (Phi) is 3.96.